The van der Waals surface area contributed by atoms with Crippen LogP contribution in [0.15, 0.2) is 23.1 Å². The van der Waals surface area contributed by atoms with Crippen LogP contribution in [0.3, 0.4) is 0 Å². The van der Waals surface area contributed by atoms with E-state index in [2.05, 4.69) is 30.8 Å². The molecule has 0 fully saturated rings. The molecule has 0 aliphatic heterocycles. The lowest BCUT2D eigenvalue weighted by Crippen LogP contribution is -1.89. The first kappa shape index (κ1) is 9.03. The Bertz CT molecular complexity index is 415. The van der Waals surface area contributed by atoms with E-state index in [1.165, 1.54) is 12.7 Å². The molecule has 0 bridgehead atoms. The summed E-state index contributed by atoms with van der Waals surface area (Å²) in [4.78, 5) is 0. The van der Waals surface area contributed by atoms with Gasteiger partial charge < -0.3 is 0 Å². The SMILES string of the molecule is Clc1nncn1/N=N/n1cnnc1Cl. The van der Waals surface area contributed by atoms with Crippen molar-refractivity contribution in [2.24, 2.45) is 10.4 Å². The molecule has 14 heavy (non-hydrogen) atoms. The van der Waals surface area contributed by atoms with E-state index in [9.17, 15) is 0 Å². The molecule has 0 N–H and O–H groups in total. The smallest absolute Gasteiger partial charge is 0.170 e. The second-order valence-electron chi connectivity index (χ2n) is 2.07. The maximum absolute atomic E-state index is 5.58. The van der Waals surface area contributed by atoms with E-state index in [0.717, 1.165) is 9.35 Å². The fourth-order valence-electron chi connectivity index (χ4n) is 0.638. The van der Waals surface area contributed by atoms with Crippen molar-refractivity contribution in [3.63, 3.8) is 0 Å². The van der Waals surface area contributed by atoms with Gasteiger partial charge in [0.1, 0.15) is 12.7 Å². The third kappa shape index (κ3) is 1.70. The summed E-state index contributed by atoms with van der Waals surface area (Å²) in [6, 6.07) is 0. The van der Waals surface area contributed by atoms with Crippen LogP contribution in [-0.2, 0) is 0 Å². The highest BCUT2D eigenvalue weighted by Crippen LogP contribution is 2.05. The molecule has 0 aromatic carbocycles. The van der Waals surface area contributed by atoms with Gasteiger partial charge in [0.2, 0.25) is 10.6 Å². The molecule has 0 spiro atoms. The molecule has 2 aromatic rings. The molecule has 2 aromatic heterocycles. The Kier molecular flexibility index (Phi) is 2.37. The maximum Gasteiger partial charge on any atom is 0.247 e. The van der Waals surface area contributed by atoms with Crippen LogP contribution < -0.4 is 0 Å². The van der Waals surface area contributed by atoms with E-state index in [4.69, 9.17) is 23.2 Å². The molecule has 10 heteroatoms. The van der Waals surface area contributed by atoms with Crippen LogP contribution in [0.5, 0.6) is 0 Å². The molecule has 2 heterocycles. The van der Waals surface area contributed by atoms with Gasteiger partial charge in [0.25, 0.3) is 0 Å². The van der Waals surface area contributed by atoms with Gasteiger partial charge in [-0.05, 0) is 33.6 Å². The number of aromatic nitrogens is 6. The van der Waals surface area contributed by atoms with E-state index in [1.54, 1.807) is 0 Å². The van der Waals surface area contributed by atoms with Gasteiger partial charge in [-0.25, -0.2) is 0 Å². The minimum atomic E-state index is 0.0953. The van der Waals surface area contributed by atoms with Crippen molar-refractivity contribution in [3.8, 4) is 0 Å². The molecule has 0 saturated carbocycles. The lowest BCUT2D eigenvalue weighted by Gasteiger charge is -1.90. The summed E-state index contributed by atoms with van der Waals surface area (Å²) in [7, 11) is 0. The molecule has 0 radical (unpaired) electrons. The average Bonchev–Trinajstić information content (AvgIpc) is 2.72. The van der Waals surface area contributed by atoms with E-state index >= 15 is 0 Å². The van der Waals surface area contributed by atoms with Crippen LogP contribution in [0, 0.1) is 0 Å². The van der Waals surface area contributed by atoms with E-state index < -0.39 is 0 Å². The van der Waals surface area contributed by atoms with E-state index in [0.29, 0.717) is 0 Å². The van der Waals surface area contributed by atoms with Crippen LogP contribution in [0.2, 0.25) is 10.6 Å². The Morgan fingerprint density at radius 3 is 1.64 bits per heavy atom. The highest BCUT2D eigenvalue weighted by atomic mass is 35.5. The van der Waals surface area contributed by atoms with Crippen LogP contribution in [0.1, 0.15) is 0 Å². The van der Waals surface area contributed by atoms with Gasteiger partial charge >= 0.3 is 0 Å². The normalized spacial score (nSPS) is 11.3. The highest BCUT2D eigenvalue weighted by molar-refractivity contribution is 6.28. The number of rotatable bonds is 2. The number of hydrogen-bond donors (Lipinski definition) is 0. The summed E-state index contributed by atoms with van der Waals surface area (Å²) in [5, 5.41) is 21.5. The van der Waals surface area contributed by atoms with Crippen LogP contribution >= 0.6 is 23.2 Å². The van der Waals surface area contributed by atoms with Crippen molar-refractivity contribution in [2.75, 3.05) is 0 Å². The summed E-state index contributed by atoms with van der Waals surface area (Å²) in [6.07, 6.45) is 2.59. The first-order chi connectivity index (χ1) is 6.77. The molecular formula is C4H2Cl2N8. The minimum Gasteiger partial charge on any atom is -0.170 e. The molecule has 8 nitrogen and oxygen atoms in total. The molecule has 0 saturated heterocycles. The zero-order valence-electron chi connectivity index (χ0n) is 6.49. The zero-order valence-corrected chi connectivity index (χ0v) is 8.00. The van der Waals surface area contributed by atoms with E-state index in [1.807, 2.05) is 0 Å². The molecule has 0 amide bonds. The standard InChI is InChI=1S/C4H2Cl2N8/c5-3-9-7-1-13(3)11-12-14-2-8-10-4(14)6/h1-2H/b12-11+. The quantitative estimate of drug-likeness (QED) is 0.719. The molecule has 72 valence electrons. The lowest BCUT2D eigenvalue weighted by molar-refractivity contribution is 0.683. The zero-order chi connectivity index (χ0) is 9.97. The fourth-order valence-corrected chi connectivity index (χ4v) is 0.880. The summed E-state index contributed by atoms with van der Waals surface area (Å²) in [5.74, 6) is 0. The first-order valence-electron chi connectivity index (χ1n) is 3.31. The van der Waals surface area contributed by atoms with Crippen LogP contribution in [0.25, 0.3) is 0 Å². The Hall–Kier alpha value is -1.54. The van der Waals surface area contributed by atoms with E-state index in [-0.39, 0.29) is 10.6 Å². The Balaban J connectivity index is 2.23. The van der Waals surface area contributed by atoms with Crippen LogP contribution in [-0.4, -0.2) is 29.7 Å². The largest absolute Gasteiger partial charge is 0.247 e. The Morgan fingerprint density at radius 2 is 1.36 bits per heavy atom. The Morgan fingerprint density at radius 1 is 0.929 bits per heavy atom. The molecule has 2 rings (SSSR count). The summed E-state index contributed by atoms with van der Waals surface area (Å²) in [6.45, 7) is 0. The van der Waals surface area contributed by atoms with Crippen molar-refractivity contribution in [2.45, 2.75) is 0 Å². The van der Waals surface area contributed by atoms with Crippen molar-refractivity contribution < 1.29 is 0 Å². The third-order valence-corrected chi connectivity index (χ3v) is 1.71. The third-order valence-electron chi connectivity index (χ3n) is 1.21. The summed E-state index contributed by atoms with van der Waals surface area (Å²) >= 11 is 11.2. The number of halogens is 2. The summed E-state index contributed by atoms with van der Waals surface area (Å²) in [5.41, 5.74) is 0. The molecular weight excluding hydrogens is 231 g/mol. The molecule has 0 unspecified atom stereocenters. The number of hydrogen-bond acceptors (Lipinski definition) is 6. The minimum absolute atomic E-state index is 0.0953. The molecule has 0 aliphatic rings. The first-order valence-corrected chi connectivity index (χ1v) is 4.06. The van der Waals surface area contributed by atoms with Gasteiger partial charge in [0.05, 0.1) is 0 Å². The molecule has 0 aliphatic carbocycles. The lowest BCUT2D eigenvalue weighted by atomic mass is 11.2. The average molecular weight is 233 g/mol. The van der Waals surface area contributed by atoms with Gasteiger partial charge in [-0.2, -0.15) is 9.35 Å². The fraction of sp³-hybridized carbons (Fsp3) is 0. The Labute approximate surface area is 87.1 Å². The van der Waals surface area contributed by atoms with Crippen molar-refractivity contribution >= 4 is 23.2 Å². The maximum atomic E-state index is 5.58. The topological polar surface area (TPSA) is 86.1 Å². The van der Waals surface area contributed by atoms with Gasteiger partial charge in [0, 0.05) is 0 Å². The van der Waals surface area contributed by atoms with Gasteiger partial charge in [0.15, 0.2) is 0 Å². The predicted molar refractivity (Wildman–Crippen MR) is 45.7 cm³/mol. The second kappa shape index (κ2) is 3.68. The van der Waals surface area contributed by atoms with Gasteiger partial charge in [-0.15, -0.1) is 20.4 Å². The highest BCUT2D eigenvalue weighted by Gasteiger charge is 1.99. The monoisotopic (exact) mass is 232 g/mol. The van der Waals surface area contributed by atoms with Crippen molar-refractivity contribution in [3.05, 3.63) is 23.2 Å². The molecule has 0 atom stereocenters. The number of nitrogens with zero attached hydrogens (tertiary/aromatic N) is 8. The second-order valence-corrected chi connectivity index (χ2v) is 2.74. The predicted octanol–water partition coefficient (Wildman–Crippen LogP) is 0.855. The van der Waals surface area contributed by atoms with Gasteiger partial charge in [-0.3, -0.25) is 0 Å². The van der Waals surface area contributed by atoms with Crippen LogP contribution in [0.4, 0.5) is 0 Å². The van der Waals surface area contributed by atoms with Crippen molar-refractivity contribution in [1.29, 1.82) is 0 Å². The summed E-state index contributed by atoms with van der Waals surface area (Å²) < 4.78 is 2.33. The van der Waals surface area contributed by atoms with Gasteiger partial charge in [-0.1, -0.05) is 0 Å². The van der Waals surface area contributed by atoms with Crippen molar-refractivity contribution in [1.82, 2.24) is 29.7 Å².